The minimum Gasteiger partial charge on any atom is -0.445 e. The van der Waals surface area contributed by atoms with E-state index in [0.29, 0.717) is 11.1 Å². The lowest BCUT2D eigenvalue weighted by atomic mass is 9.79. The molecule has 0 amide bonds. The van der Waals surface area contributed by atoms with Gasteiger partial charge in [-0.2, -0.15) is 0 Å². The minimum absolute atomic E-state index is 0.300. The largest absolute Gasteiger partial charge is 0.509 e. The van der Waals surface area contributed by atoms with Crippen LogP contribution in [0.25, 0.3) is 11.1 Å². The molecule has 0 unspecified atom stereocenters. The molecule has 5 heteroatoms. The predicted octanol–water partition coefficient (Wildman–Crippen LogP) is 3.55. The molecule has 0 saturated carbocycles. The highest BCUT2D eigenvalue weighted by Crippen LogP contribution is 2.22. The molecule has 2 rings (SSSR count). The Labute approximate surface area is 96.0 Å². The number of halogens is 4. The third kappa shape index (κ3) is 2.49. The molecule has 0 atom stereocenters. The lowest BCUT2D eigenvalue weighted by Crippen LogP contribution is -2.33. The van der Waals surface area contributed by atoms with Crippen LogP contribution >= 0.6 is 0 Å². The van der Waals surface area contributed by atoms with Crippen molar-refractivity contribution in [3.8, 4) is 11.1 Å². The van der Waals surface area contributed by atoms with Gasteiger partial charge in [-0.25, -0.2) is 4.39 Å². The molecule has 0 radical (unpaired) electrons. The second kappa shape index (κ2) is 4.24. The van der Waals surface area contributed by atoms with Crippen molar-refractivity contribution in [3.05, 3.63) is 54.3 Å². The van der Waals surface area contributed by atoms with E-state index in [2.05, 4.69) is 0 Å². The van der Waals surface area contributed by atoms with Crippen LogP contribution in [0.2, 0.25) is 0 Å². The van der Waals surface area contributed by atoms with E-state index >= 15 is 0 Å². The van der Waals surface area contributed by atoms with Crippen LogP contribution in [0.4, 0.5) is 17.3 Å². The SMILES string of the molecule is Fc1ccccc1-c1ccc([B-](F)(F)F)cc1. The van der Waals surface area contributed by atoms with Crippen molar-refractivity contribution in [3.63, 3.8) is 0 Å². The summed E-state index contributed by atoms with van der Waals surface area (Å²) in [6, 6.07) is 10.5. The Morgan fingerprint density at radius 1 is 0.765 bits per heavy atom. The maximum Gasteiger partial charge on any atom is 0.509 e. The summed E-state index contributed by atoms with van der Waals surface area (Å²) >= 11 is 0. The van der Waals surface area contributed by atoms with E-state index in [-0.39, 0.29) is 0 Å². The number of benzene rings is 2. The summed E-state index contributed by atoms with van der Waals surface area (Å²) < 4.78 is 50.6. The summed E-state index contributed by atoms with van der Waals surface area (Å²) in [5.74, 6) is -0.447. The van der Waals surface area contributed by atoms with Crippen LogP contribution in [-0.4, -0.2) is 6.98 Å². The van der Waals surface area contributed by atoms with E-state index in [9.17, 15) is 17.3 Å². The maximum atomic E-state index is 13.4. The first-order chi connectivity index (χ1) is 7.98. The molecule has 0 heterocycles. The Hall–Kier alpha value is -1.78. The second-order valence-corrected chi connectivity index (χ2v) is 3.68. The first-order valence-electron chi connectivity index (χ1n) is 5.03. The topological polar surface area (TPSA) is 0 Å². The summed E-state index contributed by atoms with van der Waals surface area (Å²) in [6.07, 6.45) is 0. The lowest BCUT2D eigenvalue weighted by molar-refractivity contribution is 0.501. The van der Waals surface area contributed by atoms with Crippen molar-refractivity contribution >= 4 is 12.4 Å². The number of hydrogen-bond donors (Lipinski definition) is 0. The van der Waals surface area contributed by atoms with Gasteiger partial charge >= 0.3 is 6.98 Å². The highest BCUT2D eigenvalue weighted by Gasteiger charge is 2.25. The zero-order chi connectivity index (χ0) is 12.5. The summed E-state index contributed by atoms with van der Waals surface area (Å²) in [4.78, 5) is 0. The summed E-state index contributed by atoms with van der Waals surface area (Å²) in [7, 11) is 0. The van der Waals surface area contributed by atoms with Gasteiger partial charge < -0.3 is 12.9 Å². The highest BCUT2D eigenvalue weighted by atomic mass is 19.4. The Bertz CT molecular complexity index is 517. The third-order valence-electron chi connectivity index (χ3n) is 2.47. The van der Waals surface area contributed by atoms with Crippen molar-refractivity contribution in [2.75, 3.05) is 0 Å². The Kier molecular flexibility index (Phi) is 2.92. The molecule has 0 saturated heterocycles. The van der Waals surface area contributed by atoms with Gasteiger partial charge in [0.1, 0.15) is 5.82 Å². The van der Waals surface area contributed by atoms with Crippen LogP contribution in [-0.2, 0) is 0 Å². The average molecular weight is 239 g/mol. The van der Waals surface area contributed by atoms with Crippen molar-refractivity contribution in [2.24, 2.45) is 0 Å². The maximum absolute atomic E-state index is 13.4. The molecule has 0 aliphatic heterocycles. The molecule has 0 aliphatic rings. The molecule has 0 spiro atoms. The van der Waals surface area contributed by atoms with Crippen LogP contribution in [0.1, 0.15) is 0 Å². The normalized spacial score (nSPS) is 11.5. The van der Waals surface area contributed by atoms with Crippen LogP contribution < -0.4 is 5.46 Å². The minimum atomic E-state index is -5.00. The molecule has 0 aliphatic carbocycles. The lowest BCUT2D eigenvalue weighted by Gasteiger charge is -2.15. The third-order valence-corrected chi connectivity index (χ3v) is 2.47. The van der Waals surface area contributed by atoms with Gasteiger partial charge in [-0.05, 0) is 11.6 Å². The fourth-order valence-electron chi connectivity index (χ4n) is 1.58. The Balaban J connectivity index is 2.40. The fraction of sp³-hybridized carbons (Fsp3) is 0. The van der Waals surface area contributed by atoms with Gasteiger partial charge in [0.15, 0.2) is 0 Å². The van der Waals surface area contributed by atoms with Gasteiger partial charge in [0.05, 0.1) is 0 Å². The molecule has 17 heavy (non-hydrogen) atoms. The molecule has 88 valence electrons. The van der Waals surface area contributed by atoms with Gasteiger partial charge in [0, 0.05) is 5.56 Å². The van der Waals surface area contributed by atoms with E-state index in [0.717, 1.165) is 12.1 Å². The first kappa shape index (κ1) is 11.7. The van der Waals surface area contributed by atoms with Crippen LogP contribution in [0.3, 0.4) is 0 Å². The molecule has 0 N–H and O–H groups in total. The fourth-order valence-corrected chi connectivity index (χ4v) is 1.58. The zero-order valence-electron chi connectivity index (χ0n) is 8.71. The predicted molar refractivity (Wildman–Crippen MR) is 60.5 cm³/mol. The second-order valence-electron chi connectivity index (χ2n) is 3.68. The van der Waals surface area contributed by atoms with Crippen LogP contribution in [0, 0.1) is 5.82 Å². The Morgan fingerprint density at radius 2 is 1.35 bits per heavy atom. The van der Waals surface area contributed by atoms with Crippen LogP contribution in [0.5, 0.6) is 0 Å². The molecule has 0 fully saturated rings. The quantitative estimate of drug-likeness (QED) is 0.555. The van der Waals surface area contributed by atoms with Gasteiger partial charge in [0.25, 0.3) is 0 Å². The van der Waals surface area contributed by atoms with Gasteiger partial charge in [-0.1, -0.05) is 42.5 Å². The molecule has 0 aromatic heterocycles. The van der Waals surface area contributed by atoms with Gasteiger partial charge in [-0.3, -0.25) is 0 Å². The summed E-state index contributed by atoms with van der Waals surface area (Å²) in [5.41, 5.74) is 0.0608. The molecule has 2 aromatic carbocycles. The van der Waals surface area contributed by atoms with Crippen molar-refractivity contribution in [1.29, 1.82) is 0 Å². The van der Waals surface area contributed by atoms with Crippen molar-refractivity contribution < 1.29 is 17.3 Å². The van der Waals surface area contributed by atoms with E-state index in [4.69, 9.17) is 0 Å². The van der Waals surface area contributed by atoms with Crippen LogP contribution in [0.15, 0.2) is 48.5 Å². The van der Waals surface area contributed by atoms with Crippen molar-refractivity contribution in [1.82, 2.24) is 0 Å². The summed E-state index contributed by atoms with van der Waals surface area (Å²) in [5, 5.41) is 0. The van der Waals surface area contributed by atoms with E-state index < -0.39 is 18.3 Å². The number of hydrogen-bond acceptors (Lipinski definition) is 0. The molecule has 0 bridgehead atoms. The Morgan fingerprint density at radius 3 is 1.88 bits per heavy atom. The highest BCUT2D eigenvalue weighted by molar-refractivity contribution is 6.73. The average Bonchev–Trinajstić information content (AvgIpc) is 2.29. The monoisotopic (exact) mass is 239 g/mol. The molecule has 2 aromatic rings. The molecular formula is C12H8BF4-. The van der Waals surface area contributed by atoms with Gasteiger partial charge in [0.2, 0.25) is 0 Å². The zero-order valence-corrected chi connectivity index (χ0v) is 8.71. The van der Waals surface area contributed by atoms with E-state index in [1.54, 1.807) is 6.07 Å². The molecular weight excluding hydrogens is 231 g/mol. The van der Waals surface area contributed by atoms with E-state index in [1.807, 2.05) is 0 Å². The number of rotatable bonds is 2. The van der Waals surface area contributed by atoms with Gasteiger partial charge in [-0.15, -0.1) is 5.46 Å². The standard InChI is InChI=1S/C12H8BF4/c14-12-4-2-1-3-11(12)9-5-7-10(8-6-9)13(15,16)17/h1-8H/q-1. The first-order valence-corrected chi connectivity index (χ1v) is 5.03. The van der Waals surface area contributed by atoms with Crippen molar-refractivity contribution in [2.45, 2.75) is 0 Å². The summed E-state index contributed by atoms with van der Waals surface area (Å²) in [6.45, 7) is -5.00. The molecule has 0 nitrogen and oxygen atoms in total. The smallest absolute Gasteiger partial charge is 0.445 e. The van der Waals surface area contributed by atoms with E-state index in [1.165, 1.54) is 30.3 Å².